The molecule has 306 valence electrons. The van der Waals surface area contributed by atoms with E-state index in [4.69, 9.17) is 16.2 Å². The molecule has 5 N–H and O–H groups in total. The zero-order valence-corrected chi connectivity index (χ0v) is 36.0. The van der Waals surface area contributed by atoms with Gasteiger partial charge in [0.05, 0.1) is 0 Å². The molecule has 4 rings (SSSR count). The summed E-state index contributed by atoms with van der Waals surface area (Å²) in [5.41, 5.74) is 14.2. The van der Waals surface area contributed by atoms with E-state index in [2.05, 4.69) is 46.0 Å². The van der Waals surface area contributed by atoms with Crippen molar-refractivity contribution in [1.29, 1.82) is 0 Å². The van der Waals surface area contributed by atoms with Crippen LogP contribution in [-0.4, -0.2) is 60.1 Å². The number of carbonyl (C=O) groups is 2. The van der Waals surface area contributed by atoms with Crippen LogP contribution in [0, 0.1) is 46.3 Å². The van der Waals surface area contributed by atoms with E-state index in [-0.39, 0.29) is 34.5 Å². The molecule has 53 heavy (non-hydrogen) atoms. The second-order valence-electron chi connectivity index (χ2n) is 20.8. The normalized spacial score (nSPS) is 30.6. The van der Waals surface area contributed by atoms with Crippen LogP contribution in [0.25, 0.3) is 0 Å². The minimum absolute atomic E-state index is 0.0294. The fourth-order valence-corrected chi connectivity index (χ4v) is 11.4. The molecule has 4 aliphatic rings. The van der Waals surface area contributed by atoms with E-state index in [1.807, 2.05) is 32.6 Å². The van der Waals surface area contributed by atoms with Crippen LogP contribution in [-0.2, 0) is 14.3 Å². The summed E-state index contributed by atoms with van der Waals surface area (Å²) in [5.74, 6) is 4.96. The Bertz CT molecular complexity index is 1200. The van der Waals surface area contributed by atoms with Crippen LogP contribution in [0.1, 0.15) is 178 Å². The van der Waals surface area contributed by atoms with Gasteiger partial charge in [0, 0.05) is 43.4 Å². The molecule has 0 bridgehead atoms. The highest BCUT2D eigenvalue weighted by Crippen LogP contribution is 2.67. The molecular formula is C46H84N4O3. The molecular weight excluding hydrogens is 657 g/mol. The van der Waals surface area contributed by atoms with E-state index in [1.165, 1.54) is 51.4 Å². The van der Waals surface area contributed by atoms with Gasteiger partial charge in [0.1, 0.15) is 6.10 Å². The van der Waals surface area contributed by atoms with Crippen LogP contribution in [0.5, 0.6) is 0 Å². The molecule has 1 amide bonds. The first-order valence-electron chi connectivity index (χ1n) is 22.3. The first kappa shape index (κ1) is 44.3. The number of nitrogens with zero attached hydrogens (tertiary/aromatic N) is 1. The molecule has 0 aliphatic heterocycles. The topological polar surface area (TPSA) is 111 Å². The maximum Gasteiger partial charge on any atom is 0.306 e. The van der Waals surface area contributed by atoms with Gasteiger partial charge in [-0.1, -0.05) is 65.5 Å². The molecule has 0 aromatic heterocycles. The van der Waals surface area contributed by atoms with Crippen LogP contribution in [0.4, 0.5) is 0 Å². The summed E-state index contributed by atoms with van der Waals surface area (Å²) in [4.78, 5) is 28.4. The molecule has 0 saturated heterocycles. The van der Waals surface area contributed by atoms with Crippen molar-refractivity contribution < 1.29 is 14.3 Å². The van der Waals surface area contributed by atoms with Gasteiger partial charge in [0.15, 0.2) is 0 Å². The average molecular weight is 741 g/mol. The summed E-state index contributed by atoms with van der Waals surface area (Å²) >= 11 is 0. The highest BCUT2D eigenvalue weighted by Gasteiger charge is 2.59. The van der Waals surface area contributed by atoms with E-state index < -0.39 is 0 Å². The van der Waals surface area contributed by atoms with Crippen LogP contribution >= 0.6 is 0 Å². The lowest BCUT2D eigenvalue weighted by Gasteiger charge is -2.58. The number of unbranched alkanes of at least 4 members (excludes halogenated alkanes) is 1. The Morgan fingerprint density at radius 1 is 0.868 bits per heavy atom. The molecule has 3 fully saturated rings. The second kappa shape index (κ2) is 19.1. The van der Waals surface area contributed by atoms with Gasteiger partial charge in [0.2, 0.25) is 5.91 Å². The highest BCUT2D eigenvalue weighted by atomic mass is 16.5. The minimum atomic E-state index is -0.327. The Morgan fingerprint density at radius 2 is 1.60 bits per heavy atom. The molecule has 0 aromatic carbocycles. The van der Waals surface area contributed by atoms with Gasteiger partial charge in [-0.15, -0.1) is 0 Å². The molecule has 0 radical (unpaired) electrons. The molecule has 4 aliphatic carbocycles. The number of rotatable bonds is 21. The van der Waals surface area contributed by atoms with E-state index in [1.54, 1.807) is 5.57 Å². The van der Waals surface area contributed by atoms with Gasteiger partial charge in [-0.05, 0) is 164 Å². The largest absolute Gasteiger partial charge is 0.462 e. The predicted molar refractivity (Wildman–Crippen MR) is 221 cm³/mol. The quantitative estimate of drug-likeness (QED) is 0.0614. The number of ether oxygens (including phenoxy) is 1. The van der Waals surface area contributed by atoms with E-state index in [0.29, 0.717) is 31.2 Å². The van der Waals surface area contributed by atoms with Crippen LogP contribution in [0.3, 0.4) is 0 Å². The molecule has 7 nitrogen and oxygen atoms in total. The summed E-state index contributed by atoms with van der Waals surface area (Å²) in [6.07, 6.45) is 21.4. The standard InChI is InChI=1S/C46H84N4O3/c1-33(2)14-12-15-34(3)38-20-21-39-37-19-18-35-32-36(22-24-45(35,8)40(37)23-25-46(38,39)9)53-42(52)17-13-16-41(51)50(31-27-44(6,7)48)30-11-10-28-49-29-26-43(4,5)47/h18,33-34,36-40,49H,10-17,19-32,47-48H2,1-9H3/t34?,36-,37-,38+,39-,40-,45-,46+/m0/s1. The average Bonchev–Trinajstić information content (AvgIpc) is 3.42. The number of nitrogens with one attached hydrogen (secondary N) is 1. The Kier molecular flexibility index (Phi) is 16.0. The van der Waals surface area contributed by atoms with E-state index in [0.717, 1.165) is 100 Å². The Balaban J connectivity index is 1.22. The molecule has 3 saturated carbocycles. The summed E-state index contributed by atoms with van der Waals surface area (Å²) < 4.78 is 6.13. The van der Waals surface area contributed by atoms with Crippen molar-refractivity contribution in [2.45, 2.75) is 195 Å². The Labute approximate surface area is 326 Å². The SMILES string of the molecule is CC(C)CCCC(C)[C@H]1CC[C@H]2[C@@H]3CC=C4C[C@@H](OC(=O)CCCC(=O)N(CCCCNCCC(C)(C)N)CCC(C)(C)N)CC[C@]4(C)[C@H]3CC[C@]12C. The third-order valence-corrected chi connectivity index (χ3v) is 14.7. The smallest absolute Gasteiger partial charge is 0.306 e. The van der Waals surface area contributed by atoms with Gasteiger partial charge in [-0.2, -0.15) is 0 Å². The third kappa shape index (κ3) is 12.5. The fourth-order valence-electron chi connectivity index (χ4n) is 11.4. The zero-order valence-electron chi connectivity index (χ0n) is 36.0. The summed E-state index contributed by atoms with van der Waals surface area (Å²) in [6.45, 7) is 23.8. The summed E-state index contributed by atoms with van der Waals surface area (Å²) in [5, 5.41) is 3.47. The second-order valence-corrected chi connectivity index (χ2v) is 20.8. The van der Waals surface area contributed by atoms with E-state index in [9.17, 15) is 9.59 Å². The van der Waals surface area contributed by atoms with Gasteiger partial charge >= 0.3 is 5.97 Å². The number of esters is 1. The van der Waals surface area contributed by atoms with Gasteiger partial charge in [-0.25, -0.2) is 0 Å². The first-order chi connectivity index (χ1) is 24.8. The van der Waals surface area contributed by atoms with Gasteiger partial charge in [-0.3, -0.25) is 9.59 Å². The van der Waals surface area contributed by atoms with Crippen LogP contribution in [0.2, 0.25) is 0 Å². The fraction of sp³-hybridized carbons (Fsp3) is 0.913. The third-order valence-electron chi connectivity index (χ3n) is 14.7. The Morgan fingerprint density at radius 3 is 2.30 bits per heavy atom. The Hall–Kier alpha value is -1.44. The number of hydrogen-bond donors (Lipinski definition) is 3. The first-order valence-corrected chi connectivity index (χ1v) is 22.3. The lowest BCUT2D eigenvalue weighted by atomic mass is 9.47. The highest BCUT2D eigenvalue weighted by molar-refractivity contribution is 5.77. The molecule has 0 spiro atoms. The number of fused-ring (bicyclic) bond motifs is 5. The molecule has 8 atom stereocenters. The molecule has 0 aromatic rings. The maximum atomic E-state index is 13.3. The lowest BCUT2D eigenvalue weighted by Crippen LogP contribution is -2.51. The van der Waals surface area contributed by atoms with Crippen molar-refractivity contribution in [3.63, 3.8) is 0 Å². The summed E-state index contributed by atoms with van der Waals surface area (Å²) in [7, 11) is 0. The lowest BCUT2D eigenvalue weighted by molar-refractivity contribution is -0.151. The monoisotopic (exact) mass is 741 g/mol. The zero-order chi connectivity index (χ0) is 39.0. The van der Waals surface area contributed by atoms with Crippen LogP contribution < -0.4 is 16.8 Å². The molecule has 1 unspecified atom stereocenters. The van der Waals surface area contributed by atoms with Crippen molar-refractivity contribution in [2.75, 3.05) is 26.2 Å². The van der Waals surface area contributed by atoms with Crippen molar-refractivity contribution in [3.05, 3.63) is 11.6 Å². The molecule has 7 heteroatoms. The maximum absolute atomic E-state index is 13.3. The van der Waals surface area contributed by atoms with Gasteiger partial charge in [0.25, 0.3) is 0 Å². The number of amides is 1. The van der Waals surface area contributed by atoms with Crippen molar-refractivity contribution in [2.24, 2.45) is 57.8 Å². The predicted octanol–water partition coefficient (Wildman–Crippen LogP) is 9.56. The van der Waals surface area contributed by atoms with Crippen molar-refractivity contribution in [3.8, 4) is 0 Å². The minimum Gasteiger partial charge on any atom is -0.462 e. The van der Waals surface area contributed by atoms with Crippen molar-refractivity contribution >= 4 is 11.9 Å². The molecule has 0 heterocycles. The van der Waals surface area contributed by atoms with E-state index >= 15 is 0 Å². The summed E-state index contributed by atoms with van der Waals surface area (Å²) in [6, 6.07) is 0. The van der Waals surface area contributed by atoms with Gasteiger partial charge < -0.3 is 26.4 Å². The number of nitrogens with two attached hydrogens (primary N) is 2. The van der Waals surface area contributed by atoms with Crippen molar-refractivity contribution in [1.82, 2.24) is 10.2 Å². The number of allylic oxidation sites excluding steroid dienone is 1. The number of carbonyl (C=O) groups excluding carboxylic acids is 2. The number of hydrogen-bond acceptors (Lipinski definition) is 6. The van der Waals surface area contributed by atoms with Crippen LogP contribution in [0.15, 0.2) is 11.6 Å².